The molecule has 17 heavy (non-hydrogen) atoms. The first-order valence-corrected chi connectivity index (χ1v) is 6.29. The Morgan fingerprint density at radius 2 is 1.94 bits per heavy atom. The van der Waals surface area contributed by atoms with Crippen LogP contribution in [0.3, 0.4) is 0 Å². The molecule has 1 aromatic carbocycles. The molecule has 0 saturated heterocycles. The highest BCUT2D eigenvalue weighted by molar-refractivity contribution is 5.75. The number of carbonyl (C=O) groups is 1. The monoisotopic (exact) mass is 234 g/mol. The van der Waals surface area contributed by atoms with Gasteiger partial charge in [-0.15, -0.1) is 0 Å². The molecule has 0 spiro atoms. The minimum atomic E-state index is -0.0577. The lowest BCUT2D eigenvalue weighted by molar-refractivity contribution is -0.118. The fourth-order valence-corrected chi connectivity index (χ4v) is 1.88. The van der Waals surface area contributed by atoms with Gasteiger partial charge in [-0.05, 0) is 37.8 Å². The van der Waals surface area contributed by atoms with Crippen molar-refractivity contribution in [2.45, 2.75) is 52.6 Å². The third-order valence-corrected chi connectivity index (χ3v) is 2.97. The van der Waals surface area contributed by atoms with Crippen molar-refractivity contribution in [2.75, 3.05) is 0 Å². The number of ether oxygens (including phenoxy) is 1. The maximum absolute atomic E-state index is 11.0. The van der Waals surface area contributed by atoms with E-state index in [2.05, 4.69) is 19.9 Å². The van der Waals surface area contributed by atoms with E-state index in [1.54, 1.807) is 6.92 Å². The second kappa shape index (κ2) is 6.43. The number of rotatable bonds is 6. The minimum Gasteiger partial charge on any atom is -0.490 e. The van der Waals surface area contributed by atoms with Gasteiger partial charge < -0.3 is 4.74 Å². The average Bonchev–Trinajstić information content (AvgIpc) is 2.27. The van der Waals surface area contributed by atoms with Gasteiger partial charge in [-0.2, -0.15) is 0 Å². The molecule has 0 aromatic heterocycles. The van der Waals surface area contributed by atoms with Gasteiger partial charge in [-0.3, -0.25) is 4.79 Å². The number of hydrogen-bond donors (Lipinski definition) is 0. The van der Waals surface area contributed by atoms with E-state index in [0.29, 0.717) is 12.3 Å². The Bertz CT molecular complexity index is 371. The normalized spacial score (nSPS) is 14.1. The van der Waals surface area contributed by atoms with Crippen LogP contribution in [0.2, 0.25) is 0 Å². The molecule has 0 aliphatic heterocycles. The van der Waals surface area contributed by atoms with Crippen LogP contribution in [-0.4, -0.2) is 11.9 Å². The highest BCUT2D eigenvalue weighted by Gasteiger charge is 2.13. The zero-order valence-electron chi connectivity index (χ0n) is 11.2. The zero-order chi connectivity index (χ0) is 12.8. The Hall–Kier alpha value is -1.31. The van der Waals surface area contributed by atoms with E-state index >= 15 is 0 Å². The Morgan fingerprint density at radius 1 is 1.29 bits per heavy atom. The van der Waals surface area contributed by atoms with E-state index in [0.717, 1.165) is 12.2 Å². The topological polar surface area (TPSA) is 26.3 Å². The smallest absolute Gasteiger partial charge is 0.133 e. The molecule has 1 aromatic rings. The summed E-state index contributed by atoms with van der Waals surface area (Å²) in [7, 11) is 0. The van der Waals surface area contributed by atoms with Crippen molar-refractivity contribution in [3.05, 3.63) is 29.8 Å². The molecule has 0 bridgehead atoms. The van der Waals surface area contributed by atoms with E-state index in [-0.39, 0.29) is 11.9 Å². The maximum atomic E-state index is 11.0. The quantitative estimate of drug-likeness (QED) is 0.745. The van der Waals surface area contributed by atoms with Gasteiger partial charge in [0.1, 0.15) is 17.6 Å². The predicted octanol–water partition coefficient (Wildman–Crippen LogP) is 3.95. The summed E-state index contributed by atoms with van der Waals surface area (Å²) in [6, 6.07) is 8.09. The van der Waals surface area contributed by atoms with Crippen LogP contribution in [-0.2, 0) is 4.79 Å². The van der Waals surface area contributed by atoms with Crippen LogP contribution >= 0.6 is 0 Å². The minimum absolute atomic E-state index is 0.0577. The van der Waals surface area contributed by atoms with Gasteiger partial charge in [-0.25, -0.2) is 0 Å². The lowest BCUT2D eigenvalue weighted by Gasteiger charge is -2.19. The molecule has 0 saturated carbocycles. The number of Topliss-reactive ketones (excluding diaryl/α,β-unsaturated/α-hetero) is 1. The first-order valence-electron chi connectivity index (χ1n) is 6.29. The molecule has 0 aliphatic carbocycles. The molecule has 2 unspecified atom stereocenters. The highest BCUT2D eigenvalue weighted by atomic mass is 16.5. The van der Waals surface area contributed by atoms with Gasteiger partial charge in [0.15, 0.2) is 0 Å². The van der Waals surface area contributed by atoms with Crippen LogP contribution < -0.4 is 4.74 Å². The predicted molar refractivity (Wildman–Crippen MR) is 70.5 cm³/mol. The number of benzene rings is 1. The SMILES string of the molecule is CCC(C)c1ccccc1OC(C)CC(C)=O. The molecule has 0 radical (unpaired) electrons. The van der Waals surface area contributed by atoms with Gasteiger partial charge in [0.2, 0.25) is 0 Å². The molecular weight excluding hydrogens is 212 g/mol. The average molecular weight is 234 g/mol. The molecule has 0 amide bonds. The van der Waals surface area contributed by atoms with Crippen molar-refractivity contribution in [3.63, 3.8) is 0 Å². The largest absolute Gasteiger partial charge is 0.490 e. The van der Waals surface area contributed by atoms with Gasteiger partial charge in [0, 0.05) is 6.42 Å². The summed E-state index contributed by atoms with van der Waals surface area (Å²) >= 11 is 0. The third kappa shape index (κ3) is 4.22. The Morgan fingerprint density at radius 3 is 2.53 bits per heavy atom. The number of para-hydroxylation sites is 1. The molecule has 0 N–H and O–H groups in total. The molecule has 2 atom stereocenters. The Balaban J connectivity index is 2.79. The Labute approximate surface area is 104 Å². The van der Waals surface area contributed by atoms with Crippen LogP contribution in [0.25, 0.3) is 0 Å². The summed E-state index contributed by atoms with van der Waals surface area (Å²) < 4.78 is 5.86. The van der Waals surface area contributed by atoms with Crippen LogP contribution in [0.15, 0.2) is 24.3 Å². The first kappa shape index (κ1) is 13.8. The molecule has 2 nitrogen and oxygen atoms in total. The van der Waals surface area contributed by atoms with Crippen molar-refractivity contribution in [2.24, 2.45) is 0 Å². The third-order valence-electron chi connectivity index (χ3n) is 2.97. The molecule has 94 valence electrons. The molecule has 0 aliphatic rings. The Kier molecular flexibility index (Phi) is 5.20. The fourth-order valence-electron chi connectivity index (χ4n) is 1.88. The van der Waals surface area contributed by atoms with Gasteiger partial charge in [0.25, 0.3) is 0 Å². The lowest BCUT2D eigenvalue weighted by atomic mass is 9.98. The van der Waals surface area contributed by atoms with Crippen molar-refractivity contribution in [1.29, 1.82) is 0 Å². The summed E-state index contributed by atoms with van der Waals surface area (Å²) in [5.74, 6) is 1.56. The highest BCUT2D eigenvalue weighted by Crippen LogP contribution is 2.29. The zero-order valence-corrected chi connectivity index (χ0v) is 11.2. The summed E-state index contributed by atoms with van der Waals surface area (Å²) in [6.45, 7) is 7.90. The summed E-state index contributed by atoms with van der Waals surface area (Å²) in [5, 5.41) is 0. The summed E-state index contributed by atoms with van der Waals surface area (Å²) in [5.41, 5.74) is 1.23. The van der Waals surface area contributed by atoms with E-state index in [4.69, 9.17) is 4.74 Å². The summed E-state index contributed by atoms with van der Waals surface area (Å²) in [4.78, 5) is 11.0. The molecule has 1 rings (SSSR count). The number of ketones is 1. The van der Waals surface area contributed by atoms with E-state index in [1.807, 2.05) is 25.1 Å². The first-order chi connectivity index (χ1) is 8.04. The van der Waals surface area contributed by atoms with Crippen LogP contribution in [0.5, 0.6) is 5.75 Å². The van der Waals surface area contributed by atoms with Crippen molar-refractivity contribution >= 4 is 5.78 Å². The van der Waals surface area contributed by atoms with E-state index < -0.39 is 0 Å². The second-order valence-electron chi connectivity index (χ2n) is 4.68. The van der Waals surface area contributed by atoms with Gasteiger partial charge >= 0.3 is 0 Å². The van der Waals surface area contributed by atoms with E-state index in [1.165, 1.54) is 5.56 Å². The van der Waals surface area contributed by atoms with Crippen LogP contribution in [0.4, 0.5) is 0 Å². The van der Waals surface area contributed by atoms with Crippen molar-refractivity contribution in [1.82, 2.24) is 0 Å². The molecule has 0 heterocycles. The molecular formula is C15H22O2. The van der Waals surface area contributed by atoms with Crippen molar-refractivity contribution in [3.8, 4) is 5.75 Å². The van der Waals surface area contributed by atoms with Crippen molar-refractivity contribution < 1.29 is 9.53 Å². The van der Waals surface area contributed by atoms with Gasteiger partial charge in [-0.1, -0.05) is 32.0 Å². The fraction of sp³-hybridized carbons (Fsp3) is 0.533. The second-order valence-corrected chi connectivity index (χ2v) is 4.68. The van der Waals surface area contributed by atoms with Gasteiger partial charge in [0.05, 0.1) is 0 Å². The molecule has 0 fully saturated rings. The number of hydrogen-bond acceptors (Lipinski definition) is 2. The van der Waals surface area contributed by atoms with Crippen LogP contribution in [0, 0.1) is 0 Å². The maximum Gasteiger partial charge on any atom is 0.133 e. The summed E-state index contributed by atoms with van der Waals surface area (Å²) in [6.07, 6.45) is 1.49. The number of carbonyl (C=O) groups excluding carboxylic acids is 1. The lowest BCUT2D eigenvalue weighted by Crippen LogP contribution is -2.16. The molecule has 2 heteroatoms. The standard InChI is InChI=1S/C15H22O2/c1-5-11(2)14-8-6-7-9-15(14)17-13(4)10-12(3)16/h6-9,11,13H,5,10H2,1-4H3. The van der Waals surface area contributed by atoms with Crippen LogP contribution in [0.1, 0.15) is 52.0 Å². The van der Waals surface area contributed by atoms with E-state index in [9.17, 15) is 4.79 Å².